The third-order valence-corrected chi connectivity index (χ3v) is 5.14. The second-order valence-electron chi connectivity index (χ2n) is 9.43. The summed E-state index contributed by atoms with van der Waals surface area (Å²) in [6.07, 6.45) is 3.62. The molecular formula is C22H42N6O3. The van der Waals surface area contributed by atoms with Crippen LogP contribution in [0.1, 0.15) is 60.3 Å². The Morgan fingerprint density at radius 3 is 2.35 bits per heavy atom. The lowest BCUT2D eigenvalue weighted by Crippen LogP contribution is -2.54. The van der Waals surface area contributed by atoms with Gasteiger partial charge in [0.15, 0.2) is 5.96 Å². The van der Waals surface area contributed by atoms with Crippen LogP contribution in [0.2, 0.25) is 0 Å². The highest BCUT2D eigenvalue weighted by Crippen LogP contribution is 2.18. The third kappa shape index (κ3) is 10.2. The molecule has 9 nitrogen and oxygen atoms in total. The molecule has 2 amide bonds. The molecule has 1 atom stereocenters. The maximum atomic E-state index is 12.2. The number of nitrogens with one attached hydrogen (secondary N) is 3. The van der Waals surface area contributed by atoms with Crippen LogP contribution < -0.4 is 16.0 Å². The molecule has 31 heavy (non-hydrogen) atoms. The lowest BCUT2D eigenvalue weighted by Gasteiger charge is -2.36. The zero-order valence-electron chi connectivity index (χ0n) is 20.0. The predicted molar refractivity (Wildman–Crippen MR) is 123 cm³/mol. The summed E-state index contributed by atoms with van der Waals surface area (Å²) in [5, 5.41) is 9.38. The number of alkyl carbamates (subject to hydrolysis) is 1. The van der Waals surface area contributed by atoms with E-state index in [1.165, 1.54) is 0 Å². The van der Waals surface area contributed by atoms with Crippen LogP contribution in [0.25, 0.3) is 0 Å². The molecule has 1 saturated heterocycles. The molecule has 1 saturated carbocycles. The SMILES string of the molecule is CCCC(CN=C(NCC)N1CCN(CC(=O)NC2CC2)CC1)NC(=O)OC(C)(C)C. The molecule has 3 N–H and O–H groups in total. The Bertz CT molecular complexity index is 607. The Morgan fingerprint density at radius 2 is 1.81 bits per heavy atom. The highest BCUT2D eigenvalue weighted by Gasteiger charge is 2.26. The Morgan fingerprint density at radius 1 is 1.13 bits per heavy atom. The number of amides is 2. The molecule has 178 valence electrons. The Balaban J connectivity index is 1.85. The van der Waals surface area contributed by atoms with Crippen LogP contribution in [0.4, 0.5) is 4.79 Å². The van der Waals surface area contributed by atoms with Gasteiger partial charge in [0, 0.05) is 38.8 Å². The third-order valence-electron chi connectivity index (χ3n) is 5.14. The van der Waals surface area contributed by atoms with Crippen molar-refractivity contribution in [3.05, 3.63) is 0 Å². The summed E-state index contributed by atoms with van der Waals surface area (Å²) >= 11 is 0. The molecule has 0 aromatic heterocycles. The monoisotopic (exact) mass is 438 g/mol. The molecule has 1 aliphatic carbocycles. The van der Waals surface area contributed by atoms with Gasteiger partial charge in [-0.1, -0.05) is 13.3 Å². The van der Waals surface area contributed by atoms with Crippen molar-refractivity contribution >= 4 is 18.0 Å². The van der Waals surface area contributed by atoms with Gasteiger partial charge in [-0.2, -0.15) is 0 Å². The van der Waals surface area contributed by atoms with E-state index in [2.05, 4.69) is 39.6 Å². The summed E-state index contributed by atoms with van der Waals surface area (Å²) in [6, 6.07) is 0.340. The van der Waals surface area contributed by atoms with Gasteiger partial charge < -0.3 is 25.6 Å². The first-order chi connectivity index (χ1) is 14.7. The number of hydrogen-bond donors (Lipinski definition) is 3. The van der Waals surface area contributed by atoms with Crippen LogP contribution in [0.5, 0.6) is 0 Å². The smallest absolute Gasteiger partial charge is 0.407 e. The number of aliphatic imine (C=N–C) groups is 1. The summed E-state index contributed by atoms with van der Waals surface area (Å²) in [6.45, 7) is 14.8. The average molecular weight is 439 g/mol. The summed E-state index contributed by atoms with van der Waals surface area (Å²) in [5.41, 5.74) is -0.520. The van der Waals surface area contributed by atoms with Gasteiger partial charge >= 0.3 is 6.09 Å². The van der Waals surface area contributed by atoms with Crippen molar-refractivity contribution in [3.63, 3.8) is 0 Å². The second-order valence-corrected chi connectivity index (χ2v) is 9.43. The molecule has 2 rings (SSSR count). The minimum atomic E-state index is -0.520. The highest BCUT2D eigenvalue weighted by atomic mass is 16.6. The van der Waals surface area contributed by atoms with E-state index < -0.39 is 11.7 Å². The summed E-state index contributed by atoms with van der Waals surface area (Å²) in [7, 11) is 0. The molecule has 0 aromatic rings. The van der Waals surface area contributed by atoms with Gasteiger partial charge in [0.05, 0.1) is 19.1 Å². The fourth-order valence-corrected chi connectivity index (χ4v) is 3.48. The van der Waals surface area contributed by atoms with Crippen molar-refractivity contribution in [1.29, 1.82) is 0 Å². The van der Waals surface area contributed by atoms with E-state index in [0.717, 1.165) is 64.4 Å². The van der Waals surface area contributed by atoms with Crippen LogP contribution in [0.3, 0.4) is 0 Å². The largest absolute Gasteiger partial charge is 0.444 e. The zero-order chi connectivity index (χ0) is 22.9. The van der Waals surface area contributed by atoms with Crippen molar-refractivity contribution in [3.8, 4) is 0 Å². The van der Waals surface area contributed by atoms with Crippen LogP contribution in [-0.4, -0.2) is 91.3 Å². The molecule has 0 radical (unpaired) electrons. The minimum absolute atomic E-state index is 0.0686. The van der Waals surface area contributed by atoms with Crippen molar-refractivity contribution in [2.24, 2.45) is 4.99 Å². The molecule has 0 bridgehead atoms. The van der Waals surface area contributed by atoms with Crippen molar-refractivity contribution in [1.82, 2.24) is 25.8 Å². The first kappa shape index (κ1) is 25.2. The van der Waals surface area contributed by atoms with Gasteiger partial charge in [-0.3, -0.25) is 14.7 Å². The first-order valence-corrected chi connectivity index (χ1v) is 11.7. The van der Waals surface area contributed by atoms with E-state index in [9.17, 15) is 9.59 Å². The molecule has 0 spiro atoms. The molecule has 2 aliphatic rings. The second kappa shape index (κ2) is 12.1. The van der Waals surface area contributed by atoms with Crippen LogP contribution in [0, 0.1) is 0 Å². The van der Waals surface area contributed by atoms with E-state index in [0.29, 0.717) is 19.1 Å². The molecule has 0 aromatic carbocycles. The summed E-state index contributed by atoms with van der Waals surface area (Å²) in [5.74, 6) is 0.990. The number of carbonyl (C=O) groups is 2. The number of carbonyl (C=O) groups excluding carboxylic acids is 2. The van der Waals surface area contributed by atoms with E-state index in [-0.39, 0.29) is 11.9 Å². The van der Waals surface area contributed by atoms with Crippen LogP contribution >= 0.6 is 0 Å². The van der Waals surface area contributed by atoms with Crippen LogP contribution in [0.15, 0.2) is 4.99 Å². The van der Waals surface area contributed by atoms with E-state index in [4.69, 9.17) is 9.73 Å². The predicted octanol–water partition coefficient (Wildman–Crippen LogP) is 1.54. The van der Waals surface area contributed by atoms with Gasteiger partial charge in [0.25, 0.3) is 0 Å². The molecule has 1 unspecified atom stereocenters. The van der Waals surface area contributed by atoms with E-state index >= 15 is 0 Å². The summed E-state index contributed by atoms with van der Waals surface area (Å²) < 4.78 is 5.39. The maximum absolute atomic E-state index is 12.2. The number of hydrogen-bond acceptors (Lipinski definition) is 5. The number of nitrogens with zero attached hydrogens (tertiary/aromatic N) is 3. The normalized spacial score (nSPS) is 19.0. The Kier molecular flexibility index (Phi) is 9.87. The van der Waals surface area contributed by atoms with E-state index in [1.54, 1.807) is 0 Å². The lowest BCUT2D eigenvalue weighted by atomic mass is 10.1. The molecule has 1 heterocycles. The van der Waals surface area contributed by atoms with Crippen molar-refractivity contribution < 1.29 is 14.3 Å². The average Bonchev–Trinajstić information content (AvgIpc) is 3.48. The van der Waals surface area contributed by atoms with Crippen molar-refractivity contribution in [2.45, 2.75) is 78.0 Å². The number of piperazine rings is 1. The van der Waals surface area contributed by atoms with Gasteiger partial charge in [0.2, 0.25) is 5.91 Å². The highest BCUT2D eigenvalue weighted by molar-refractivity contribution is 5.80. The number of ether oxygens (including phenoxy) is 1. The fraction of sp³-hybridized carbons (Fsp3) is 0.864. The molecule has 9 heteroatoms. The van der Waals surface area contributed by atoms with E-state index in [1.807, 2.05) is 20.8 Å². The standard InChI is InChI=1S/C22H42N6O3/c1-6-8-18(26-21(30)31-22(3,4)5)15-24-20(23-7-2)28-13-11-27(12-14-28)16-19(29)25-17-9-10-17/h17-18H,6-16H2,1-5H3,(H,23,24)(H,25,29)(H,26,30). The minimum Gasteiger partial charge on any atom is -0.444 e. The van der Waals surface area contributed by atoms with Gasteiger partial charge in [0.1, 0.15) is 5.60 Å². The Hall–Kier alpha value is -2.03. The quantitative estimate of drug-likeness (QED) is 0.373. The fourth-order valence-electron chi connectivity index (χ4n) is 3.48. The molecule has 1 aliphatic heterocycles. The van der Waals surface area contributed by atoms with Crippen LogP contribution in [-0.2, 0) is 9.53 Å². The molecular weight excluding hydrogens is 396 g/mol. The Labute approximate surface area is 187 Å². The number of guanidine groups is 1. The lowest BCUT2D eigenvalue weighted by molar-refractivity contribution is -0.122. The summed E-state index contributed by atoms with van der Waals surface area (Å²) in [4.78, 5) is 33.4. The van der Waals surface area contributed by atoms with Crippen molar-refractivity contribution in [2.75, 3.05) is 45.8 Å². The first-order valence-electron chi connectivity index (χ1n) is 11.7. The van der Waals surface area contributed by atoms with Gasteiger partial charge in [-0.05, 0) is 47.0 Å². The van der Waals surface area contributed by atoms with Gasteiger partial charge in [-0.25, -0.2) is 4.79 Å². The molecule has 2 fully saturated rings. The zero-order valence-corrected chi connectivity index (χ0v) is 20.0. The number of rotatable bonds is 9. The van der Waals surface area contributed by atoms with Gasteiger partial charge in [-0.15, -0.1) is 0 Å². The topological polar surface area (TPSA) is 98.3 Å². The maximum Gasteiger partial charge on any atom is 0.407 e.